The van der Waals surface area contributed by atoms with Crippen LogP contribution in [0.1, 0.15) is 45.4 Å². The van der Waals surface area contributed by atoms with Gasteiger partial charge in [0.15, 0.2) is 5.96 Å². The number of rotatable bonds is 13. The van der Waals surface area contributed by atoms with E-state index in [2.05, 4.69) is 22.5 Å². The van der Waals surface area contributed by atoms with Gasteiger partial charge >= 0.3 is 0 Å². The van der Waals surface area contributed by atoms with E-state index in [1.807, 2.05) is 0 Å². The highest BCUT2D eigenvalue weighted by Gasteiger charge is 2.14. The van der Waals surface area contributed by atoms with Crippen LogP contribution in [0.15, 0.2) is 4.99 Å². The average molecular weight is 457 g/mol. The number of hydrogen-bond donors (Lipinski definition) is 2. The third kappa shape index (κ3) is 13.2. The molecule has 6 nitrogen and oxygen atoms in total. The first-order valence-electron chi connectivity index (χ1n) is 9.07. The number of unbranched alkanes of at least 4 members (excludes halogenated alkanes) is 2. The Bertz CT molecular complexity index is 301. The highest BCUT2D eigenvalue weighted by Crippen LogP contribution is 2.11. The van der Waals surface area contributed by atoms with Crippen LogP contribution in [0.4, 0.5) is 0 Å². The van der Waals surface area contributed by atoms with E-state index in [0.717, 1.165) is 77.7 Å². The van der Waals surface area contributed by atoms with Gasteiger partial charge in [-0.05, 0) is 45.4 Å². The van der Waals surface area contributed by atoms with Gasteiger partial charge in [0.05, 0.1) is 12.7 Å². The number of guanidine groups is 1. The summed E-state index contributed by atoms with van der Waals surface area (Å²) in [4.78, 5) is 4.58. The molecule has 144 valence electrons. The maximum atomic E-state index is 5.65. The zero-order valence-corrected chi connectivity index (χ0v) is 17.7. The van der Waals surface area contributed by atoms with Crippen molar-refractivity contribution in [3.8, 4) is 0 Å². The fourth-order valence-corrected chi connectivity index (χ4v) is 2.44. The Labute approximate surface area is 164 Å². The summed E-state index contributed by atoms with van der Waals surface area (Å²) in [6, 6.07) is 0. The van der Waals surface area contributed by atoms with Crippen molar-refractivity contribution in [3.05, 3.63) is 0 Å². The van der Waals surface area contributed by atoms with Crippen molar-refractivity contribution in [2.24, 2.45) is 4.99 Å². The summed E-state index contributed by atoms with van der Waals surface area (Å²) < 4.78 is 16.2. The standard InChI is InChI=1S/C17H35N3O3.HI/c1-3-18-17(19-10-5-4-6-12-21-2)20-11-8-13-22-15-16-9-7-14-23-16;/h16H,3-15H2,1-2H3,(H2,18,19,20);1H. The molecule has 1 saturated heterocycles. The third-order valence-electron chi connectivity index (χ3n) is 3.71. The molecule has 0 bridgehead atoms. The molecule has 24 heavy (non-hydrogen) atoms. The molecule has 1 rings (SSSR count). The van der Waals surface area contributed by atoms with Gasteiger partial charge in [-0.25, -0.2) is 0 Å². The largest absolute Gasteiger partial charge is 0.385 e. The molecule has 1 aliphatic heterocycles. The Morgan fingerprint density at radius 1 is 1.17 bits per heavy atom. The molecule has 1 heterocycles. The number of aliphatic imine (C=N–C) groups is 1. The van der Waals surface area contributed by atoms with Gasteiger partial charge in [0, 0.05) is 46.6 Å². The second-order valence-electron chi connectivity index (χ2n) is 5.80. The SMILES string of the molecule is CCNC(=NCCCOCC1CCCO1)NCCCCCOC.I. The van der Waals surface area contributed by atoms with Gasteiger partial charge in [-0.2, -0.15) is 0 Å². The van der Waals surface area contributed by atoms with Gasteiger partial charge in [-0.15, -0.1) is 24.0 Å². The second kappa shape index (κ2) is 17.7. The van der Waals surface area contributed by atoms with Crippen molar-refractivity contribution in [1.29, 1.82) is 0 Å². The molecule has 0 amide bonds. The monoisotopic (exact) mass is 457 g/mol. The van der Waals surface area contributed by atoms with Crippen LogP contribution in [0.3, 0.4) is 0 Å². The van der Waals surface area contributed by atoms with Crippen LogP contribution >= 0.6 is 24.0 Å². The minimum absolute atomic E-state index is 0. The van der Waals surface area contributed by atoms with E-state index in [1.165, 1.54) is 12.8 Å². The van der Waals surface area contributed by atoms with Gasteiger partial charge in [-0.1, -0.05) is 0 Å². The number of hydrogen-bond acceptors (Lipinski definition) is 4. The summed E-state index contributed by atoms with van der Waals surface area (Å²) in [6.07, 6.45) is 7.00. The summed E-state index contributed by atoms with van der Waals surface area (Å²) in [5.41, 5.74) is 0. The number of nitrogens with zero attached hydrogens (tertiary/aromatic N) is 1. The van der Waals surface area contributed by atoms with E-state index in [4.69, 9.17) is 14.2 Å². The lowest BCUT2D eigenvalue weighted by atomic mass is 10.2. The van der Waals surface area contributed by atoms with Gasteiger partial charge in [-0.3, -0.25) is 4.99 Å². The molecule has 0 radical (unpaired) electrons. The molecule has 0 saturated carbocycles. The fourth-order valence-electron chi connectivity index (χ4n) is 2.44. The average Bonchev–Trinajstić information content (AvgIpc) is 3.07. The molecule has 1 atom stereocenters. The predicted octanol–water partition coefficient (Wildman–Crippen LogP) is 2.56. The number of methoxy groups -OCH3 is 1. The summed E-state index contributed by atoms with van der Waals surface area (Å²) in [5, 5.41) is 6.64. The summed E-state index contributed by atoms with van der Waals surface area (Å²) in [7, 11) is 1.75. The molecule has 1 aliphatic rings. The lowest BCUT2D eigenvalue weighted by molar-refractivity contribution is 0.0171. The van der Waals surface area contributed by atoms with E-state index >= 15 is 0 Å². The summed E-state index contributed by atoms with van der Waals surface area (Å²) >= 11 is 0. The third-order valence-corrected chi connectivity index (χ3v) is 3.71. The van der Waals surface area contributed by atoms with Crippen LogP contribution < -0.4 is 10.6 Å². The maximum Gasteiger partial charge on any atom is 0.191 e. The smallest absolute Gasteiger partial charge is 0.191 e. The summed E-state index contributed by atoms with van der Waals surface area (Å²) in [6.45, 7) is 7.91. The summed E-state index contributed by atoms with van der Waals surface area (Å²) in [5.74, 6) is 0.901. The molecular weight excluding hydrogens is 421 g/mol. The minimum Gasteiger partial charge on any atom is -0.385 e. The van der Waals surface area contributed by atoms with Crippen molar-refractivity contribution in [1.82, 2.24) is 10.6 Å². The fraction of sp³-hybridized carbons (Fsp3) is 0.941. The molecule has 0 aliphatic carbocycles. The maximum absolute atomic E-state index is 5.65. The molecular formula is C17H36IN3O3. The molecule has 7 heteroatoms. The molecule has 2 N–H and O–H groups in total. The van der Waals surface area contributed by atoms with Crippen LogP contribution in [0.5, 0.6) is 0 Å². The Morgan fingerprint density at radius 2 is 2.04 bits per heavy atom. The quantitative estimate of drug-likeness (QED) is 0.193. The molecule has 1 fully saturated rings. The van der Waals surface area contributed by atoms with Gasteiger partial charge in [0.25, 0.3) is 0 Å². The lowest BCUT2D eigenvalue weighted by Crippen LogP contribution is -2.37. The van der Waals surface area contributed by atoms with E-state index < -0.39 is 0 Å². The first-order chi connectivity index (χ1) is 11.4. The number of nitrogens with one attached hydrogen (secondary N) is 2. The van der Waals surface area contributed by atoms with E-state index in [9.17, 15) is 0 Å². The zero-order chi connectivity index (χ0) is 16.6. The molecule has 1 unspecified atom stereocenters. The molecule has 0 spiro atoms. The number of halogens is 1. The molecule has 0 aromatic carbocycles. The highest BCUT2D eigenvalue weighted by atomic mass is 127. The Kier molecular flexibility index (Phi) is 17.6. The number of ether oxygens (including phenoxy) is 3. The minimum atomic E-state index is 0. The topological polar surface area (TPSA) is 64.1 Å². The molecule has 0 aromatic heterocycles. The second-order valence-corrected chi connectivity index (χ2v) is 5.80. The van der Waals surface area contributed by atoms with Crippen molar-refractivity contribution in [2.45, 2.75) is 51.6 Å². The van der Waals surface area contributed by atoms with E-state index in [0.29, 0.717) is 6.10 Å². The van der Waals surface area contributed by atoms with Crippen LogP contribution in [0.2, 0.25) is 0 Å². The van der Waals surface area contributed by atoms with Crippen LogP contribution in [0, 0.1) is 0 Å². The first-order valence-corrected chi connectivity index (χ1v) is 9.07. The van der Waals surface area contributed by atoms with Crippen LogP contribution in [-0.2, 0) is 14.2 Å². The van der Waals surface area contributed by atoms with Crippen LogP contribution in [0.25, 0.3) is 0 Å². The Balaban J connectivity index is 0.00000529. The Morgan fingerprint density at radius 3 is 2.75 bits per heavy atom. The van der Waals surface area contributed by atoms with Gasteiger partial charge in [0.2, 0.25) is 0 Å². The van der Waals surface area contributed by atoms with Crippen LogP contribution in [-0.4, -0.2) is 65.2 Å². The van der Waals surface area contributed by atoms with Crippen molar-refractivity contribution in [2.75, 3.05) is 53.2 Å². The van der Waals surface area contributed by atoms with Crippen molar-refractivity contribution in [3.63, 3.8) is 0 Å². The van der Waals surface area contributed by atoms with Gasteiger partial charge < -0.3 is 24.8 Å². The predicted molar refractivity (Wildman–Crippen MR) is 110 cm³/mol. The van der Waals surface area contributed by atoms with Crippen molar-refractivity contribution < 1.29 is 14.2 Å². The van der Waals surface area contributed by atoms with Gasteiger partial charge in [0.1, 0.15) is 0 Å². The lowest BCUT2D eigenvalue weighted by Gasteiger charge is -2.12. The van der Waals surface area contributed by atoms with Crippen molar-refractivity contribution >= 4 is 29.9 Å². The zero-order valence-electron chi connectivity index (χ0n) is 15.3. The van der Waals surface area contributed by atoms with E-state index in [1.54, 1.807) is 7.11 Å². The Hall–Kier alpha value is -0.120. The molecule has 0 aromatic rings. The highest BCUT2D eigenvalue weighted by molar-refractivity contribution is 14.0. The normalized spacial score (nSPS) is 17.6. The first kappa shape index (κ1) is 23.9. The van der Waals surface area contributed by atoms with E-state index in [-0.39, 0.29) is 24.0 Å².